The fourth-order valence-electron chi connectivity index (χ4n) is 2.64. The lowest BCUT2D eigenvalue weighted by molar-refractivity contribution is -0.0180. The van der Waals surface area contributed by atoms with Gasteiger partial charge in [0.15, 0.2) is 11.5 Å². The van der Waals surface area contributed by atoms with Crippen LogP contribution >= 0.6 is 0 Å². The molecule has 1 saturated heterocycles. The number of nitrogens with zero attached hydrogens (tertiary/aromatic N) is 2. The first kappa shape index (κ1) is 14.5. The van der Waals surface area contributed by atoms with E-state index in [1.807, 2.05) is 24.3 Å². The van der Waals surface area contributed by atoms with E-state index in [9.17, 15) is 0 Å². The molecule has 1 atom stereocenters. The highest BCUT2D eigenvalue weighted by Crippen LogP contribution is 2.15. The number of fused-ring (bicyclic) bond motifs is 1. The Morgan fingerprint density at radius 1 is 1.38 bits per heavy atom. The molecule has 1 aromatic carbocycles. The number of likely N-dealkylation sites (N-methyl/N-ethyl adjacent to an activating group) is 1. The fourth-order valence-corrected chi connectivity index (χ4v) is 2.64. The number of para-hydroxylation sites is 2. The molecular weight excluding hydrogens is 266 g/mol. The zero-order valence-corrected chi connectivity index (χ0v) is 12.5. The molecule has 21 heavy (non-hydrogen) atoms. The summed E-state index contributed by atoms with van der Waals surface area (Å²) in [5.41, 5.74) is 1.82. The van der Waals surface area contributed by atoms with Crippen LogP contribution in [0.25, 0.3) is 11.1 Å². The lowest BCUT2D eigenvalue weighted by atomic mass is 10.2. The van der Waals surface area contributed by atoms with Gasteiger partial charge in [-0.25, -0.2) is 4.98 Å². The van der Waals surface area contributed by atoms with Gasteiger partial charge in [0.1, 0.15) is 5.52 Å². The van der Waals surface area contributed by atoms with Crippen molar-refractivity contribution in [3.63, 3.8) is 0 Å². The molecule has 0 amide bonds. The van der Waals surface area contributed by atoms with Crippen molar-refractivity contribution in [2.45, 2.75) is 18.9 Å². The highest BCUT2D eigenvalue weighted by Gasteiger charge is 2.16. The van der Waals surface area contributed by atoms with E-state index in [1.165, 1.54) is 0 Å². The Kier molecular flexibility index (Phi) is 4.85. The van der Waals surface area contributed by atoms with Gasteiger partial charge in [0, 0.05) is 26.1 Å². The predicted molar refractivity (Wildman–Crippen MR) is 82.4 cm³/mol. The summed E-state index contributed by atoms with van der Waals surface area (Å²) in [5, 5.41) is 3.46. The molecule has 1 aliphatic heterocycles. The van der Waals surface area contributed by atoms with Crippen LogP contribution in [0.5, 0.6) is 0 Å². The minimum absolute atomic E-state index is 0.313. The standard InChI is InChI=1S/C16H23N3O2/c1-19-9-10-20-13(12-19)11-17-8-4-7-16-18-14-5-2-3-6-15(14)21-16/h2-3,5-6,13,17H,4,7-12H2,1H3. The Morgan fingerprint density at radius 2 is 2.29 bits per heavy atom. The smallest absolute Gasteiger partial charge is 0.195 e. The number of nitrogens with one attached hydrogen (secondary N) is 1. The van der Waals surface area contributed by atoms with Crippen molar-refractivity contribution in [3.8, 4) is 0 Å². The summed E-state index contributed by atoms with van der Waals surface area (Å²) >= 11 is 0. The molecule has 0 spiro atoms. The lowest BCUT2D eigenvalue weighted by Crippen LogP contribution is -2.45. The number of rotatable bonds is 6. The summed E-state index contributed by atoms with van der Waals surface area (Å²) in [6, 6.07) is 7.90. The van der Waals surface area contributed by atoms with E-state index >= 15 is 0 Å². The molecule has 0 saturated carbocycles. The molecule has 2 heterocycles. The molecule has 0 aliphatic carbocycles. The minimum atomic E-state index is 0.313. The first-order valence-corrected chi connectivity index (χ1v) is 7.66. The second-order valence-corrected chi connectivity index (χ2v) is 5.64. The zero-order chi connectivity index (χ0) is 14.5. The van der Waals surface area contributed by atoms with Crippen LogP contribution in [0.4, 0.5) is 0 Å². The second kappa shape index (κ2) is 7.02. The van der Waals surface area contributed by atoms with Crippen molar-refractivity contribution in [2.24, 2.45) is 0 Å². The molecular formula is C16H23N3O2. The largest absolute Gasteiger partial charge is 0.441 e. The molecule has 1 aromatic heterocycles. The van der Waals surface area contributed by atoms with Crippen LogP contribution in [-0.4, -0.2) is 55.8 Å². The van der Waals surface area contributed by atoms with Crippen LogP contribution in [0, 0.1) is 0 Å². The summed E-state index contributed by atoms with van der Waals surface area (Å²) < 4.78 is 11.4. The van der Waals surface area contributed by atoms with E-state index in [0.29, 0.717) is 6.10 Å². The normalized spacial score (nSPS) is 20.1. The number of hydrogen-bond acceptors (Lipinski definition) is 5. The number of ether oxygens (including phenoxy) is 1. The van der Waals surface area contributed by atoms with Gasteiger partial charge in [-0.3, -0.25) is 0 Å². The van der Waals surface area contributed by atoms with Crippen LogP contribution in [0.15, 0.2) is 28.7 Å². The van der Waals surface area contributed by atoms with Gasteiger partial charge < -0.3 is 19.4 Å². The van der Waals surface area contributed by atoms with E-state index < -0.39 is 0 Å². The average Bonchev–Trinajstić information content (AvgIpc) is 2.89. The van der Waals surface area contributed by atoms with E-state index in [4.69, 9.17) is 9.15 Å². The van der Waals surface area contributed by atoms with Gasteiger partial charge >= 0.3 is 0 Å². The van der Waals surface area contributed by atoms with Crippen LogP contribution < -0.4 is 5.32 Å². The molecule has 2 aromatic rings. The molecule has 1 N–H and O–H groups in total. The Bertz CT molecular complexity index is 536. The van der Waals surface area contributed by atoms with Crippen molar-refractivity contribution < 1.29 is 9.15 Å². The van der Waals surface area contributed by atoms with Crippen molar-refractivity contribution in [1.29, 1.82) is 0 Å². The average molecular weight is 289 g/mol. The van der Waals surface area contributed by atoms with Crippen LogP contribution in [-0.2, 0) is 11.2 Å². The van der Waals surface area contributed by atoms with E-state index in [0.717, 1.165) is 62.6 Å². The van der Waals surface area contributed by atoms with Crippen LogP contribution in [0.3, 0.4) is 0 Å². The summed E-state index contributed by atoms with van der Waals surface area (Å²) in [6.45, 7) is 4.76. The number of aryl methyl sites for hydroxylation is 1. The fraction of sp³-hybridized carbons (Fsp3) is 0.562. The predicted octanol–water partition coefficient (Wildman–Crippen LogP) is 1.68. The molecule has 1 aliphatic rings. The Morgan fingerprint density at radius 3 is 3.14 bits per heavy atom. The second-order valence-electron chi connectivity index (χ2n) is 5.64. The number of aromatic nitrogens is 1. The first-order valence-electron chi connectivity index (χ1n) is 7.66. The van der Waals surface area contributed by atoms with Crippen molar-refractivity contribution in [1.82, 2.24) is 15.2 Å². The third kappa shape index (κ3) is 4.03. The number of benzene rings is 1. The molecule has 0 bridgehead atoms. The Hall–Kier alpha value is -1.43. The molecule has 3 rings (SSSR count). The van der Waals surface area contributed by atoms with Gasteiger partial charge in [-0.1, -0.05) is 12.1 Å². The molecule has 1 fully saturated rings. The third-order valence-electron chi connectivity index (χ3n) is 3.80. The van der Waals surface area contributed by atoms with Gasteiger partial charge in [-0.05, 0) is 32.1 Å². The third-order valence-corrected chi connectivity index (χ3v) is 3.80. The van der Waals surface area contributed by atoms with Gasteiger partial charge in [0.2, 0.25) is 0 Å². The SMILES string of the molecule is CN1CCOC(CNCCCc2nc3ccccc3o2)C1. The summed E-state index contributed by atoms with van der Waals surface area (Å²) in [4.78, 5) is 6.80. The first-order chi connectivity index (χ1) is 10.3. The van der Waals surface area contributed by atoms with Crippen LogP contribution in [0.1, 0.15) is 12.3 Å². The van der Waals surface area contributed by atoms with Crippen molar-refractivity contribution in [2.75, 3.05) is 39.8 Å². The molecule has 0 radical (unpaired) electrons. The number of morpholine rings is 1. The van der Waals surface area contributed by atoms with Crippen LogP contribution in [0.2, 0.25) is 0 Å². The Labute approximate surface area is 125 Å². The maximum atomic E-state index is 5.72. The minimum Gasteiger partial charge on any atom is -0.441 e. The molecule has 5 nitrogen and oxygen atoms in total. The number of hydrogen-bond donors (Lipinski definition) is 1. The van der Waals surface area contributed by atoms with Gasteiger partial charge in [0.05, 0.1) is 12.7 Å². The quantitative estimate of drug-likeness (QED) is 0.820. The molecule has 1 unspecified atom stereocenters. The topological polar surface area (TPSA) is 50.5 Å². The van der Waals surface area contributed by atoms with Crippen molar-refractivity contribution in [3.05, 3.63) is 30.2 Å². The molecule has 5 heteroatoms. The summed E-state index contributed by atoms with van der Waals surface area (Å²) in [6.07, 6.45) is 2.20. The maximum Gasteiger partial charge on any atom is 0.195 e. The zero-order valence-electron chi connectivity index (χ0n) is 12.5. The van der Waals surface area contributed by atoms with E-state index in [2.05, 4.69) is 22.2 Å². The van der Waals surface area contributed by atoms with Gasteiger partial charge in [0.25, 0.3) is 0 Å². The van der Waals surface area contributed by atoms with E-state index in [-0.39, 0.29) is 0 Å². The summed E-state index contributed by atoms with van der Waals surface area (Å²) in [5.74, 6) is 0.826. The Balaban J connectivity index is 1.36. The van der Waals surface area contributed by atoms with E-state index in [1.54, 1.807) is 0 Å². The number of oxazole rings is 1. The molecule has 114 valence electrons. The monoisotopic (exact) mass is 289 g/mol. The highest BCUT2D eigenvalue weighted by molar-refractivity contribution is 5.72. The highest BCUT2D eigenvalue weighted by atomic mass is 16.5. The maximum absolute atomic E-state index is 5.72. The van der Waals surface area contributed by atoms with Gasteiger partial charge in [-0.2, -0.15) is 0 Å². The summed E-state index contributed by atoms with van der Waals surface area (Å²) in [7, 11) is 2.14. The van der Waals surface area contributed by atoms with Crippen molar-refractivity contribution >= 4 is 11.1 Å². The van der Waals surface area contributed by atoms with Gasteiger partial charge in [-0.15, -0.1) is 0 Å². The lowest BCUT2D eigenvalue weighted by Gasteiger charge is -2.30.